The molecule has 0 heterocycles. The molecule has 53 valence electrons. The number of amides is 1. The zero-order valence-electron chi connectivity index (χ0n) is 5.11. The molecule has 0 saturated carbocycles. The molecule has 0 saturated heterocycles. The van der Waals surface area contributed by atoms with E-state index in [9.17, 15) is 4.79 Å². The van der Waals surface area contributed by atoms with Gasteiger partial charge in [0.2, 0.25) is 5.91 Å². The number of hydrogen-bond donors (Lipinski definition) is 1. The number of alkyl halides is 1. The van der Waals surface area contributed by atoms with E-state index in [1.54, 1.807) is 0 Å². The normalized spacial score (nSPS) is 9.11. The molecule has 0 fully saturated rings. The van der Waals surface area contributed by atoms with Gasteiger partial charge in [-0.05, 0) is 6.42 Å². The molecule has 3 nitrogen and oxygen atoms in total. The lowest BCUT2D eigenvalue weighted by Crippen LogP contribution is -2.25. The monoisotopic (exact) mass is 193 g/mol. The van der Waals surface area contributed by atoms with Crippen molar-refractivity contribution < 1.29 is 4.79 Å². The smallest absolute Gasteiger partial charge is 0.230 e. The third-order valence-corrected chi connectivity index (χ3v) is 1.31. The van der Waals surface area contributed by atoms with Crippen LogP contribution in [-0.4, -0.2) is 24.3 Å². The van der Waals surface area contributed by atoms with E-state index in [-0.39, 0.29) is 5.91 Å². The van der Waals surface area contributed by atoms with Gasteiger partial charge < -0.3 is 5.32 Å². The van der Waals surface area contributed by atoms with E-state index < -0.39 is 0 Å². The predicted octanol–water partition coefficient (Wildman–Crippen LogP) is 0.171. The van der Waals surface area contributed by atoms with Crippen LogP contribution in [0.25, 0.3) is 0 Å². The SMILES string of the molecule is [NH]CCCNC(=O)CBr. The summed E-state index contributed by atoms with van der Waals surface area (Å²) >= 11 is 3.01. The zero-order chi connectivity index (χ0) is 7.11. The van der Waals surface area contributed by atoms with Gasteiger partial charge in [0, 0.05) is 13.1 Å². The molecular formula is C5H10BrN2O. The molecule has 1 radical (unpaired) electrons. The largest absolute Gasteiger partial charge is 0.355 e. The first-order chi connectivity index (χ1) is 4.31. The van der Waals surface area contributed by atoms with Crippen LogP contribution in [0.5, 0.6) is 0 Å². The van der Waals surface area contributed by atoms with Crippen molar-refractivity contribution >= 4 is 21.8 Å². The zero-order valence-corrected chi connectivity index (χ0v) is 6.70. The van der Waals surface area contributed by atoms with Gasteiger partial charge in [-0.3, -0.25) is 10.5 Å². The first-order valence-corrected chi connectivity index (χ1v) is 3.90. The summed E-state index contributed by atoms with van der Waals surface area (Å²) in [7, 11) is 0. The van der Waals surface area contributed by atoms with E-state index in [0.29, 0.717) is 18.4 Å². The topological polar surface area (TPSA) is 52.9 Å². The Balaban J connectivity index is 2.97. The second-order valence-corrected chi connectivity index (χ2v) is 2.15. The maximum absolute atomic E-state index is 10.5. The van der Waals surface area contributed by atoms with Crippen molar-refractivity contribution in [2.75, 3.05) is 18.4 Å². The van der Waals surface area contributed by atoms with Crippen LogP contribution in [0.4, 0.5) is 0 Å². The fourth-order valence-corrected chi connectivity index (χ4v) is 0.562. The van der Waals surface area contributed by atoms with Crippen molar-refractivity contribution in [2.24, 2.45) is 0 Å². The molecule has 0 rings (SSSR count). The second kappa shape index (κ2) is 6.04. The molecule has 0 aliphatic rings. The minimum absolute atomic E-state index is 0.0107. The number of hydrogen-bond acceptors (Lipinski definition) is 1. The lowest BCUT2D eigenvalue weighted by molar-refractivity contribution is -0.118. The fraction of sp³-hybridized carbons (Fsp3) is 0.800. The molecule has 2 N–H and O–H groups in total. The van der Waals surface area contributed by atoms with Crippen LogP contribution >= 0.6 is 15.9 Å². The molecule has 0 aromatic rings. The summed E-state index contributed by atoms with van der Waals surface area (Å²) in [5.74, 6) is -0.0107. The minimum Gasteiger partial charge on any atom is -0.355 e. The highest BCUT2D eigenvalue weighted by Crippen LogP contribution is 1.78. The van der Waals surface area contributed by atoms with E-state index >= 15 is 0 Å². The van der Waals surface area contributed by atoms with E-state index in [2.05, 4.69) is 21.2 Å². The molecule has 0 atom stereocenters. The Morgan fingerprint density at radius 2 is 2.33 bits per heavy atom. The number of halogens is 1. The summed E-state index contributed by atoms with van der Waals surface area (Å²) in [5, 5.41) is 2.98. The van der Waals surface area contributed by atoms with Crippen molar-refractivity contribution in [1.29, 1.82) is 0 Å². The maximum atomic E-state index is 10.5. The van der Waals surface area contributed by atoms with Crippen molar-refractivity contribution in [3.8, 4) is 0 Å². The summed E-state index contributed by atoms with van der Waals surface area (Å²) in [6.45, 7) is 0.997. The Morgan fingerprint density at radius 1 is 1.67 bits per heavy atom. The molecule has 4 heteroatoms. The van der Waals surface area contributed by atoms with Gasteiger partial charge in [0.25, 0.3) is 0 Å². The van der Waals surface area contributed by atoms with Gasteiger partial charge in [0.1, 0.15) is 0 Å². The molecule has 0 aliphatic heterocycles. The van der Waals surface area contributed by atoms with Gasteiger partial charge >= 0.3 is 0 Å². The Bertz CT molecular complexity index is 87.0. The van der Waals surface area contributed by atoms with Gasteiger partial charge in [-0.25, -0.2) is 0 Å². The average molecular weight is 194 g/mol. The highest BCUT2D eigenvalue weighted by molar-refractivity contribution is 9.09. The van der Waals surface area contributed by atoms with Crippen LogP contribution < -0.4 is 11.1 Å². The summed E-state index contributed by atoms with van der Waals surface area (Å²) in [4.78, 5) is 10.5. The third kappa shape index (κ3) is 5.79. The molecule has 0 aromatic heterocycles. The Hall–Kier alpha value is -0.0900. The lowest BCUT2D eigenvalue weighted by atomic mass is 10.4. The van der Waals surface area contributed by atoms with E-state index in [0.717, 1.165) is 6.42 Å². The van der Waals surface area contributed by atoms with Crippen molar-refractivity contribution in [3.63, 3.8) is 0 Å². The first kappa shape index (κ1) is 8.91. The Labute approximate surface area is 63.1 Å². The fourth-order valence-electron chi connectivity index (χ4n) is 0.363. The average Bonchev–Trinajstić information content (AvgIpc) is 1.89. The van der Waals surface area contributed by atoms with Crippen LogP contribution in [0, 0.1) is 0 Å². The molecule has 1 amide bonds. The standard InChI is InChI=1S/C5H10BrN2O/c6-4-5(9)8-3-1-2-7/h7H,1-4H2,(H,8,9). The quantitative estimate of drug-likeness (QED) is 0.503. The van der Waals surface area contributed by atoms with Crippen molar-refractivity contribution in [3.05, 3.63) is 0 Å². The summed E-state index contributed by atoms with van der Waals surface area (Å²) in [6, 6.07) is 0. The molecule has 0 bridgehead atoms. The van der Waals surface area contributed by atoms with Gasteiger partial charge in [0.15, 0.2) is 0 Å². The third-order valence-electron chi connectivity index (χ3n) is 0.797. The van der Waals surface area contributed by atoms with Crippen LogP contribution in [0.15, 0.2) is 0 Å². The molecule has 0 spiro atoms. The summed E-state index contributed by atoms with van der Waals surface area (Å²) < 4.78 is 0. The lowest BCUT2D eigenvalue weighted by Gasteiger charge is -1.98. The van der Waals surface area contributed by atoms with E-state index in [1.807, 2.05) is 0 Å². The van der Waals surface area contributed by atoms with Crippen molar-refractivity contribution in [1.82, 2.24) is 11.1 Å². The number of nitrogens with one attached hydrogen (secondary N) is 2. The summed E-state index contributed by atoms with van der Waals surface area (Å²) in [6.07, 6.45) is 0.735. The van der Waals surface area contributed by atoms with Crippen LogP contribution in [-0.2, 0) is 4.79 Å². The van der Waals surface area contributed by atoms with Crippen molar-refractivity contribution in [2.45, 2.75) is 6.42 Å². The number of carbonyl (C=O) groups is 1. The van der Waals surface area contributed by atoms with Gasteiger partial charge in [-0.1, -0.05) is 15.9 Å². The predicted molar refractivity (Wildman–Crippen MR) is 39.4 cm³/mol. The molecular weight excluding hydrogens is 184 g/mol. The minimum atomic E-state index is -0.0107. The van der Waals surface area contributed by atoms with E-state index in [1.165, 1.54) is 0 Å². The number of carbonyl (C=O) groups excluding carboxylic acids is 1. The first-order valence-electron chi connectivity index (χ1n) is 2.78. The summed E-state index contributed by atoms with van der Waals surface area (Å²) in [5.41, 5.74) is 6.74. The second-order valence-electron chi connectivity index (χ2n) is 1.59. The Kier molecular flexibility index (Phi) is 5.98. The highest BCUT2D eigenvalue weighted by atomic mass is 79.9. The van der Waals surface area contributed by atoms with E-state index in [4.69, 9.17) is 5.73 Å². The van der Waals surface area contributed by atoms with Crippen LogP contribution in [0.1, 0.15) is 6.42 Å². The maximum Gasteiger partial charge on any atom is 0.230 e. The molecule has 9 heavy (non-hydrogen) atoms. The molecule has 0 aromatic carbocycles. The van der Waals surface area contributed by atoms with Gasteiger partial charge in [-0.2, -0.15) is 0 Å². The molecule has 0 unspecified atom stereocenters. The highest BCUT2D eigenvalue weighted by Gasteiger charge is 1.93. The van der Waals surface area contributed by atoms with Gasteiger partial charge in [-0.15, -0.1) is 0 Å². The Morgan fingerprint density at radius 3 is 2.78 bits per heavy atom. The van der Waals surface area contributed by atoms with Gasteiger partial charge in [0.05, 0.1) is 5.33 Å². The van der Waals surface area contributed by atoms with Crippen LogP contribution in [0.3, 0.4) is 0 Å². The number of rotatable bonds is 4. The van der Waals surface area contributed by atoms with Crippen LogP contribution in [0.2, 0.25) is 0 Å². The molecule has 0 aliphatic carbocycles.